The predicted octanol–water partition coefficient (Wildman–Crippen LogP) is 3.19. The monoisotopic (exact) mass is 383 g/mol. The van der Waals surface area contributed by atoms with Crippen molar-refractivity contribution in [3.8, 4) is 11.5 Å². The van der Waals surface area contributed by atoms with Gasteiger partial charge in [0.1, 0.15) is 11.5 Å². The van der Waals surface area contributed by atoms with Gasteiger partial charge in [-0.05, 0) is 51.0 Å². The Balaban J connectivity index is 2.03. The number of amides is 2. The normalized spacial score (nSPS) is 10.6. The Labute approximate surface area is 164 Å². The number of carbonyl (C=O) groups excluding carboxylic acids is 2. The molecule has 0 aliphatic heterocycles. The number of hydrazone groups is 1. The Bertz CT molecular complexity index is 858. The van der Waals surface area contributed by atoms with Crippen LogP contribution in [0.2, 0.25) is 0 Å². The van der Waals surface area contributed by atoms with E-state index in [1.807, 2.05) is 45.9 Å². The van der Waals surface area contributed by atoms with Crippen molar-refractivity contribution in [2.24, 2.45) is 5.10 Å². The number of nitrogens with zero attached hydrogens (tertiary/aromatic N) is 1. The molecule has 28 heavy (non-hydrogen) atoms. The number of benzene rings is 2. The highest BCUT2D eigenvalue weighted by molar-refractivity contribution is 6.39. The van der Waals surface area contributed by atoms with E-state index in [0.717, 1.165) is 11.1 Å². The first-order valence-corrected chi connectivity index (χ1v) is 9.06. The van der Waals surface area contributed by atoms with Gasteiger partial charge in [0.05, 0.1) is 19.4 Å². The highest BCUT2D eigenvalue weighted by atomic mass is 16.5. The highest BCUT2D eigenvalue weighted by Gasteiger charge is 2.15. The number of ether oxygens (including phenoxy) is 2. The quantitative estimate of drug-likeness (QED) is 0.437. The zero-order chi connectivity index (χ0) is 20.5. The number of carbonyl (C=O) groups is 2. The molecule has 0 unspecified atom stereocenters. The van der Waals surface area contributed by atoms with Crippen molar-refractivity contribution in [3.63, 3.8) is 0 Å². The summed E-state index contributed by atoms with van der Waals surface area (Å²) in [7, 11) is 0. The molecule has 7 heteroatoms. The standard InChI is InChI=1S/C21H25N3O4/c1-5-27-17-11-10-16(18(12-17)28-6-2)13-22-24-21(26)20(25)23-19-14(3)8-7-9-15(19)4/h7-13H,5-6H2,1-4H3,(H,23,25)(H,24,26)/b22-13-. The molecule has 0 saturated carbocycles. The minimum atomic E-state index is -0.859. The first kappa shape index (κ1) is 21.0. The molecular formula is C21H25N3O4. The number of rotatable bonds is 7. The minimum absolute atomic E-state index is 0.473. The molecule has 0 aliphatic carbocycles. The van der Waals surface area contributed by atoms with Gasteiger partial charge in [0.15, 0.2) is 0 Å². The number of aryl methyl sites for hydroxylation is 2. The average Bonchev–Trinajstić information content (AvgIpc) is 2.66. The van der Waals surface area contributed by atoms with E-state index >= 15 is 0 Å². The van der Waals surface area contributed by atoms with E-state index in [-0.39, 0.29) is 0 Å². The molecule has 0 saturated heterocycles. The fourth-order valence-electron chi connectivity index (χ4n) is 2.55. The third-order valence-corrected chi connectivity index (χ3v) is 3.89. The fourth-order valence-corrected chi connectivity index (χ4v) is 2.55. The number of nitrogens with one attached hydrogen (secondary N) is 2. The van der Waals surface area contributed by atoms with Crippen molar-refractivity contribution in [2.45, 2.75) is 27.7 Å². The van der Waals surface area contributed by atoms with Gasteiger partial charge in [-0.3, -0.25) is 9.59 Å². The molecule has 0 radical (unpaired) electrons. The lowest BCUT2D eigenvalue weighted by molar-refractivity contribution is -0.136. The Morgan fingerprint density at radius 3 is 2.32 bits per heavy atom. The van der Waals surface area contributed by atoms with Crippen LogP contribution in [0.5, 0.6) is 11.5 Å². The average molecular weight is 383 g/mol. The van der Waals surface area contributed by atoms with Crippen LogP contribution in [0.15, 0.2) is 41.5 Å². The maximum atomic E-state index is 12.1. The van der Waals surface area contributed by atoms with Crippen molar-refractivity contribution in [3.05, 3.63) is 53.1 Å². The first-order chi connectivity index (χ1) is 13.5. The van der Waals surface area contributed by atoms with Gasteiger partial charge in [-0.2, -0.15) is 5.10 Å². The van der Waals surface area contributed by atoms with Crippen molar-refractivity contribution >= 4 is 23.7 Å². The van der Waals surface area contributed by atoms with Gasteiger partial charge in [0.2, 0.25) is 0 Å². The molecule has 2 N–H and O–H groups in total. The summed E-state index contributed by atoms with van der Waals surface area (Å²) in [6.07, 6.45) is 1.42. The van der Waals surface area contributed by atoms with Crippen molar-refractivity contribution in [1.82, 2.24) is 5.43 Å². The molecule has 0 aliphatic rings. The van der Waals surface area contributed by atoms with Crippen LogP contribution in [-0.2, 0) is 9.59 Å². The maximum Gasteiger partial charge on any atom is 0.329 e. The molecule has 0 heterocycles. The van der Waals surface area contributed by atoms with E-state index in [1.54, 1.807) is 18.2 Å². The molecule has 2 aromatic carbocycles. The highest BCUT2D eigenvalue weighted by Crippen LogP contribution is 2.24. The van der Waals surface area contributed by atoms with Crippen molar-refractivity contribution in [1.29, 1.82) is 0 Å². The summed E-state index contributed by atoms with van der Waals surface area (Å²) in [4.78, 5) is 24.1. The summed E-state index contributed by atoms with van der Waals surface area (Å²) in [6, 6.07) is 10.9. The summed E-state index contributed by atoms with van der Waals surface area (Å²) in [5, 5.41) is 6.48. The molecule has 0 bridgehead atoms. The smallest absolute Gasteiger partial charge is 0.329 e. The Morgan fingerprint density at radius 1 is 1.00 bits per heavy atom. The number of anilines is 1. The van der Waals surface area contributed by atoms with Crippen LogP contribution in [0.3, 0.4) is 0 Å². The summed E-state index contributed by atoms with van der Waals surface area (Å²) < 4.78 is 11.0. The van der Waals surface area contributed by atoms with E-state index in [1.165, 1.54) is 6.21 Å². The zero-order valence-electron chi connectivity index (χ0n) is 16.5. The van der Waals surface area contributed by atoms with Gasteiger partial charge in [0, 0.05) is 17.3 Å². The molecule has 148 valence electrons. The zero-order valence-corrected chi connectivity index (χ0v) is 16.5. The number of hydrogen-bond donors (Lipinski definition) is 2. The third kappa shape index (κ3) is 5.57. The van der Waals surface area contributed by atoms with E-state index in [9.17, 15) is 9.59 Å². The molecule has 2 aromatic rings. The van der Waals surface area contributed by atoms with Crippen LogP contribution in [0.4, 0.5) is 5.69 Å². The lowest BCUT2D eigenvalue weighted by atomic mass is 10.1. The molecule has 0 aromatic heterocycles. The lowest BCUT2D eigenvalue weighted by Crippen LogP contribution is -2.32. The van der Waals surface area contributed by atoms with E-state index in [4.69, 9.17) is 9.47 Å². The topological polar surface area (TPSA) is 89.0 Å². The SMILES string of the molecule is CCOc1ccc(/C=N\NC(=O)C(=O)Nc2c(C)cccc2C)c(OCC)c1. The molecule has 0 fully saturated rings. The summed E-state index contributed by atoms with van der Waals surface area (Å²) >= 11 is 0. The van der Waals surface area contributed by atoms with E-state index < -0.39 is 11.8 Å². The molecular weight excluding hydrogens is 358 g/mol. The van der Waals surface area contributed by atoms with Gasteiger partial charge in [0.25, 0.3) is 0 Å². The van der Waals surface area contributed by atoms with Gasteiger partial charge in [-0.1, -0.05) is 18.2 Å². The largest absolute Gasteiger partial charge is 0.494 e. The van der Waals surface area contributed by atoms with Gasteiger partial charge >= 0.3 is 11.8 Å². The van der Waals surface area contributed by atoms with Crippen molar-refractivity contribution < 1.29 is 19.1 Å². The fraction of sp³-hybridized carbons (Fsp3) is 0.286. The number of hydrogen-bond acceptors (Lipinski definition) is 5. The Morgan fingerprint density at radius 2 is 1.68 bits per heavy atom. The summed E-state index contributed by atoms with van der Waals surface area (Å²) in [5.74, 6) is -0.388. The third-order valence-electron chi connectivity index (χ3n) is 3.89. The van der Waals surface area contributed by atoms with Crippen LogP contribution < -0.4 is 20.2 Å². The van der Waals surface area contributed by atoms with Crippen LogP contribution in [-0.4, -0.2) is 31.2 Å². The Kier molecular flexibility index (Phi) is 7.56. The molecule has 7 nitrogen and oxygen atoms in total. The lowest BCUT2D eigenvalue weighted by Gasteiger charge is -2.11. The van der Waals surface area contributed by atoms with Crippen LogP contribution in [0.25, 0.3) is 0 Å². The van der Waals surface area contributed by atoms with Crippen LogP contribution in [0.1, 0.15) is 30.5 Å². The van der Waals surface area contributed by atoms with Crippen LogP contribution >= 0.6 is 0 Å². The van der Waals surface area contributed by atoms with Crippen LogP contribution in [0, 0.1) is 13.8 Å². The van der Waals surface area contributed by atoms with E-state index in [0.29, 0.717) is 36.0 Å². The first-order valence-electron chi connectivity index (χ1n) is 9.06. The van der Waals surface area contributed by atoms with Gasteiger partial charge in [-0.15, -0.1) is 0 Å². The van der Waals surface area contributed by atoms with E-state index in [2.05, 4.69) is 15.8 Å². The summed E-state index contributed by atoms with van der Waals surface area (Å²) in [5.41, 5.74) is 5.26. The molecule has 0 atom stereocenters. The second-order valence-corrected chi connectivity index (χ2v) is 5.99. The molecule has 0 spiro atoms. The summed E-state index contributed by atoms with van der Waals surface area (Å²) in [6.45, 7) is 8.51. The van der Waals surface area contributed by atoms with Crippen molar-refractivity contribution in [2.75, 3.05) is 18.5 Å². The minimum Gasteiger partial charge on any atom is -0.494 e. The molecule has 2 amide bonds. The molecule has 2 rings (SSSR count). The number of para-hydroxylation sites is 1. The van der Waals surface area contributed by atoms with Gasteiger partial charge in [-0.25, -0.2) is 5.43 Å². The maximum absolute atomic E-state index is 12.1. The van der Waals surface area contributed by atoms with Gasteiger partial charge < -0.3 is 14.8 Å². The predicted molar refractivity (Wildman–Crippen MR) is 109 cm³/mol. The second kappa shape index (κ2) is 10.1. The second-order valence-electron chi connectivity index (χ2n) is 5.99. The Hall–Kier alpha value is -3.35.